The van der Waals surface area contributed by atoms with E-state index >= 15 is 0 Å². The molecular weight excluding hydrogens is 258 g/mol. The van der Waals surface area contributed by atoms with Crippen LogP contribution in [0.2, 0.25) is 0 Å². The van der Waals surface area contributed by atoms with Crippen LogP contribution in [0, 0.1) is 0 Å². The second-order valence-corrected chi connectivity index (χ2v) is 5.45. The summed E-state index contributed by atoms with van der Waals surface area (Å²) in [5.74, 6) is -0.339. The summed E-state index contributed by atoms with van der Waals surface area (Å²) in [7, 11) is 0. The molecule has 1 amide bonds. The van der Waals surface area contributed by atoms with E-state index in [1.165, 1.54) is 16.8 Å². The Balaban J connectivity index is 2.85. The summed E-state index contributed by atoms with van der Waals surface area (Å²) in [6.07, 6.45) is 2.25. The van der Waals surface area contributed by atoms with E-state index in [1.807, 2.05) is 20.8 Å². The summed E-state index contributed by atoms with van der Waals surface area (Å²) in [6.45, 7) is 6.19. The normalized spacial score (nSPS) is 11.4. The first-order chi connectivity index (χ1) is 9.39. The van der Waals surface area contributed by atoms with Crippen LogP contribution in [0.15, 0.2) is 16.9 Å². The van der Waals surface area contributed by atoms with Crippen molar-refractivity contribution in [3.05, 3.63) is 28.2 Å². The molecule has 20 heavy (non-hydrogen) atoms. The molecule has 0 aromatic carbocycles. The molecule has 1 rings (SSSR count). The highest BCUT2D eigenvalue weighted by molar-refractivity contribution is 5.92. The van der Waals surface area contributed by atoms with Gasteiger partial charge in [0.1, 0.15) is 5.69 Å². The lowest BCUT2D eigenvalue weighted by Gasteiger charge is -2.25. The number of hydrogen-bond acceptors (Lipinski definition) is 4. The molecule has 2 N–H and O–H groups in total. The minimum atomic E-state index is -0.516. The highest BCUT2D eigenvalue weighted by Crippen LogP contribution is 2.08. The van der Waals surface area contributed by atoms with Gasteiger partial charge in [0, 0.05) is 24.8 Å². The van der Waals surface area contributed by atoms with Crippen LogP contribution in [0.25, 0.3) is 0 Å². The number of nitrogens with zero attached hydrogens (tertiary/aromatic N) is 2. The standard InChI is InChI=1S/C14H23N3O3/c1-4-5-9-17-12(19)7-6-11(16-17)13(20)15-14(2,3)8-10-18/h6-7,18H,4-5,8-10H2,1-3H3,(H,15,20). The number of amides is 1. The topological polar surface area (TPSA) is 84.2 Å². The van der Waals surface area contributed by atoms with E-state index in [2.05, 4.69) is 10.4 Å². The third kappa shape index (κ3) is 4.77. The van der Waals surface area contributed by atoms with Gasteiger partial charge in [-0.05, 0) is 32.8 Å². The van der Waals surface area contributed by atoms with Gasteiger partial charge in [-0.2, -0.15) is 5.10 Å². The van der Waals surface area contributed by atoms with Crippen molar-refractivity contribution in [3.63, 3.8) is 0 Å². The zero-order valence-electron chi connectivity index (χ0n) is 12.3. The smallest absolute Gasteiger partial charge is 0.272 e. The molecule has 112 valence electrons. The van der Waals surface area contributed by atoms with Gasteiger partial charge in [0.25, 0.3) is 11.5 Å². The maximum absolute atomic E-state index is 12.1. The average Bonchev–Trinajstić information content (AvgIpc) is 2.37. The molecule has 0 saturated carbocycles. The van der Waals surface area contributed by atoms with Gasteiger partial charge in [-0.15, -0.1) is 0 Å². The largest absolute Gasteiger partial charge is 0.396 e. The number of hydrogen-bond donors (Lipinski definition) is 2. The van der Waals surface area contributed by atoms with Crippen molar-refractivity contribution >= 4 is 5.91 Å². The predicted molar refractivity (Wildman–Crippen MR) is 76.7 cm³/mol. The molecule has 0 bridgehead atoms. The van der Waals surface area contributed by atoms with Gasteiger partial charge >= 0.3 is 0 Å². The van der Waals surface area contributed by atoms with E-state index in [0.717, 1.165) is 12.8 Å². The molecule has 0 fully saturated rings. The summed E-state index contributed by atoms with van der Waals surface area (Å²) in [5.41, 5.74) is -0.505. The van der Waals surface area contributed by atoms with Crippen LogP contribution in [0.3, 0.4) is 0 Å². The van der Waals surface area contributed by atoms with E-state index in [0.29, 0.717) is 13.0 Å². The molecule has 6 heteroatoms. The first kappa shape index (κ1) is 16.4. The second-order valence-electron chi connectivity index (χ2n) is 5.45. The zero-order valence-corrected chi connectivity index (χ0v) is 12.3. The van der Waals surface area contributed by atoms with Crippen molar-refractivity contribution in [2.75, 3.05) is 6.61 Å². The molecule has 0 unspecified atom stereocenters. The highest BCUT2D eigenvalue weighted by atomic mass is 16.3. The number of nitrogens with one attached hydrogen (secondary N) is 1. The molecule has 1 heterocycles. The molecule has 1 aromatic heterocycles. The minimum absolute atomic E-state index is 0.00327. The number of aliphatic hydroxyl groups is 1. The van der Waals surface area contributed by atoms with Crippen molar-refractivity contribution in [1.29, 1.82) is 0 Å². The van der Waals surface area contributed by atoms with E-state index < -0.39 is 5.54 Å². The maximum Gasteiger partial charge on any atom is 0.272 e. The SMILES string of the molecule is CCCCn1nc(C(=O)NC(C)(C)CCO)ccc1=O. The van der Waals surface area contributed by atoms with Gasteiger partial charge in [0.2, 0.25) is 0 Å². The molecule has 0 saturated heterocycles. The van der Waals surface area contributed by atoms with Gasteiger partial charge in [-0.25, -0.2) is 4.68 Å². The molecule has 0 aliphatic heterocycles. The summed E-state index contributed by atoms with van der Waals surface area (Å²) in [4.78, 5) is 23.7. The summed E-state index contributed by atoms with van der Waals surface area (Å²) in [6, 6.07) is 2.78. The van der Waals surface area contributed by atoms with Crippen LogP contribution >= 0.6 is 0 Å². The van der Waals surface area contributed by atoms with Crippen LogP contribution < -0.4 is 10.9 Å². The quantitative estimate of drug-likeness (QED) is 0.779. The lowest BCUT2D eigenvalue weighted by Crippen LogP contribution is -2.44. The average molecular weight is 281 g/mol. The van der Waals surface area contributed by atoms with Crippen molar-refractivity contribution < 1.29 is 9.90 Å². The van der Waals surface area contributed by atoms with Crippen LogP contribution in [0.1, 0.15) is 50.5 Å². The molecule has 0 aliphatic rings. The number of rotatable bonds is 7. The van der Waals surface area contributed by atoms with Crippen LogP contribution in [0.5, 0.6) is 0 Å². The number of carbonyl (C=O) groups is 1. The maximum atomic E-state index is 12.1. The Hall–Kier alpha value is -1.69. The molecule has 0 aliphatic carbocycles. The molecule has 1 aromatic rings. The van der Waals surface area contributed by atoms with Gasteiger partial charge in [-0.1, -0.05) is 13.3 Å². The Morgan fingerprint density at radius 1 is 1.45 bits per heavy atom. The molecule has 0 atom stereocenters. The Morgan fingerprint density at radius 2 is 2.15 bits per heavy atom. The number of aliphatic hydroxyl groups excluding tert-OH is 1. The van der Waals surface area contributed by atoms with E-state index in [-0.39, 0.29) is 23.8 Å². The molecule has 6 nitrogen and oxygen atoms in total. The van der Waals surface area contributed by atoms with Crippen LogP contribution in [-0.4, -0.2) is 32.9 Å². The van der Waals surface area contributed by atoms with Crippen molar-refractivity contribution in [3.8, 4) is 0 Å². The Morgan fingerprint density at radius 3 is 2.75 bits per heavy atom. The summed E-state index contributed by atoms with van der Waals surface area (Å²) in [5, 5.41) is 15.8. The Kier molecular flexibility index (Phi) is 5.88. The zero-order chi connectivity index (χ0) is 15.2. The minimum Gasteiger partial charge on any atom is -0.396 e. The molecule has 0 spiro atoms. The molecule has 0 radical (unpaired) electrons. The van der Waals surface area contributed by atoms with E-state index in [4.69, 9.17) is 5.11 Å². The predicted octanol–water partition coefficient (Wildman–Crippen LogP) is 0.934. The number of aryl methyl sites for hydroxylation is 1. The van der Waals surface area contributed by atoms with Gasteiger partial charge in [-0.3, -0.25) is 9.59 Å². The number of aromatic nitrogens is 2. The van der Waals surface area contributed by atoms with Gasteiger partial charge in [0.15, 0.2) is 0 Å². The first-order valence-corrected chi connectivity index (χ1v) is 6.91. The van der Waals surface area contributed by atoms with E-state index in [1.54, 1.807) is 0 Å². The first-order valence-electron chi connectivity index (χ1n) is 6.91. The third-order valence-corrected chi connectivity index (χ3v) is 3.01. The van der Waals surface area contributed by atoms with Crippen molar-refractivity contribution in [2.24, 2.45) is 0 Å². The summed E-state index contributed by atoms with van der Waals surface area (Å²) < 4.78 is 1.32. The lowest BCUT2D eigenvalue weighted by atomic mass is 10.0. The van der Waals surface area contributed by atoms with E-state index in [9.17, 15) is 9.59 Å². The van der Waals surface area contributed by atoms with Crippen LogP contribution in [-0.2, 0) is 6.54 Å². The fourth-order valence-electron chi connectivity index (χ4n) is 1.75. The van der Waals surface area contributed by atoms with Crippen LogP contribution in [0.4, 0.5) is 0 Å². The Bertz CT molecular complexity index is 509. The Labute approximate surface area is 118 Å². The molecular formula is C14H23N3O3. The lowest BCUT2D eigenvalue weighted by molar-refractivity contribution is 0.0891. The van der Waals surface area contributed by atoms with Crippen molar-refractivity contribution in [2.45, 2.75) is 52.1 Å². The fraction of sp³-hybridized carbons (Fsp3) is 0.643. The number of carbonyl (C=O) groups excluding carboxylic acids is 1. The van der Waals surface area contributed by atoms with Crippen molar-refractivity contribution in [1.82, 2.24) is 15.1 Å². The van der Waals surface area contributed by atoms with Gasteiger partial charge < -0.3 is 10.4 Å². The summed E-state index contributed by atoms with van der Waals surface area (Å²) >= 11 is 0. The monoisotopic (exact) mass is 281 g/mol. The fourth-order valence-corrected chi connectivity index (χ4v) is 1.75. The third-order valence-electron chi connectivity index (χ3n) is 3.01. The number of unbranched alkanes of at least 4 members (excludes halogenated alkanes) is 1. The second kappa shape index (κ2) is 7.19. The van der Waals surface area contributed by atoms with Gasteiger partial charge in [0.05, 0.1) is 0 Å². The highest BCUT2D eigenvalue weighted by Gasteiger charge is 2.21.